The number of ether oxygens (including phenoxy) is 1. The minimum absolute atomic E-state index is 0.0583. The summed E-state index contributed by atoms with van der Waals surface area (Å²) >= 11 is 0. The minimum Gasteiger partial charge on any atom is -0.489 e. The fourth-order valence-electron chi connectivity index (χ4n) is 1.03. The average Bonchev–Trinajstić information content (AvgIpc) is 2.25. The lowest BCUT2D eigenvalue weighted by atomic mass is 9.88. The van der Waals surface area contributed by atoms with Crippen LogP contribution in [-0.2, 0) is 0 Å². The van der Waals surface area contributed by atoms with Gasteiger partial charge in [0, 0.05) is 5.56 Å². The number of hydrogen-bond acceptors (Lipinski definition) is 2. The summed E-state index contributed by atoms with van der Waals surface area (Å²) in [5.74, 6) is 0.760. The van der Waals surface area contributed by atoms with Gasteiger partial charge < -0.3 is 4.74 Å². The molecule has 1 aromatic carbocycles. The van der Waals surface area contributed by atoms with Crippen LogP contribution in [0.4, 0.5) is 0 Å². The Morgan fingerprint density at radius 1 is 1.31 bits per heavy atom. The highest BCUT2D eigenvalue weighted by Gasteiger charge is 2.14. The average molecular weight is 218 g/mol. The Morgan fingerprint density at radius 3 is 2.31 bits per heavy atom. The van der Waals surface area contributed by atoms with Gasteiger partial charge in [0.2, 0.25) is 0 Å². The van der Waals surface area contributed by atoms with Gasteiger partial charge in [-0.15, -0.1) is 0 Å². The Labute approximate surface area is 96.9 Å². The zero-order valence-corrected chi connectivity index (χ0v) is 10.1. The second kappa shape index (κ2) is 4.97. The van der Waals surface area contributed by atoms with Crippen molar-refractivity contribution in [1.29, 1.82) is 0 Å². The predicted octanol–water partition coefficient (Wildman–Crippen LogP) is 3.48. The summed E-state index contributed by atoms with van der Waals surface area (Å²) in [6, 6.07) is 7.06. The standard InChI is InChI=1S/C14H18O2/c1-11(14(2,3)4)10-16-13-7-5-12(9-15)6-8-13/h5-9H,1,10H2,2-4H3. The first kappa shape index (κ1) is 12.5. The number of rotatable bonds is 4. The molecular weight excluding hydrogens is 200 g/mol. The van der Waals surface area contributed by atoms with Crippen molar-refractivity contribution < 1.29 is 9.53 Å². The topological polar surface area (TPSA) is 26.3 Å². The van der Waals surface area contributed by atoms with Crippen molar-refractivity contribution in [3.05, 3.63) is 42.0 Å². The van der Waals surface area contributed by atoms with Crippen molar-refractivity contribution in [3.63, 3.8) is 0 Å². The highest BCUT2D eigenvalue weighted by molar-refractivity contribution is 5.74. The molecule has 16 heavy (non-hydrogen) atoms. The van der Waals surface area contributed by atoms with Gasteiger partial charge in [-0.05, 0) is 35.3 Å². The number of carbonyl (C=O) groups excluding carboxylic acids is 1. The maximum absolute atomic E-state index is 10.5. The summed E-state index contributed by atoms with van der Waals surface area (Å²) in [6.45, 7) is 10.8. The molecule has 86 valence electrons. The number of benzene rings is 1. The summed E-state index contributed by atoms with van der Waals surface area (Å²) < 4.78 is 5.58. The van der Waals surface area contributed by atoms with E-state index in [1.807, 2.05) is 0 Å². The van der Waals surface area contributed by atoms with Gasteiger partial charge >= 0.3 is 0 Å². The van der Waals surface area contributed by atoms with E-state index in [9.17, 15) is 4.79 Å². The van der Waals surface area contributed by atoms with Crippen molar-refractivity contribution in [2.75, 3.05) is 6.61 Å². The van der Waals surface area contributed by atoms with Crippen molar-refractivity contribution in [2.45, 2.75) is 20.8 Å². The molecule has 0 aliphatic rings. The van der Waals surface area contributed by atoms with E-state index in [1.54, 1.807) is 24.3 Å². The van der Waals surface area contributed by atoms with E-state index in [1.165, 1.54) is 0 Å². The number of aldehydes is 1. The molecule has 0 bridgehead atoms. The molecule has 0 amide bonds. The summed E-state index contributed by atoms with van der Waals surface area (Å²) in [6.07, 6.45) is 0.817. The van der Waals surface area contributed by atoms with Gasteiger partial charge in [-0.2, -0.15) is 0 Å². The molecule has 0 atom stereocenters. The highest BCUT2D eigenvalue weighted by Crippen LogP contribution is 2.24. The molecule has 0 fully saturated rings. The predicted molar refractivity (Wildman–Crippen MR) is 65.9 cm³/mol. The van der Waals surface area contributed by atoms with Gasteiger partial charge in [-0.25, -0.2) is 0 Å². The highest BCUT2D eigenvalue weighted by atomic mass is 16.5. The van der Waals surface area contributed by atoms with E-state index < -0.39 is 0 Å². The van der Waals surface area contributed by atoms with Crippen LogP contribution in [0.3, 0.4) is 0 Å². The second-order valence-electron chi connectivity index (χ2n) is 4.83. The first-order chi connectivity index (χ1) is 7.43. The molecule has 1 rings (SSSR count). The Kier molecular flexibility index (Phi) is 3.88. The van der Waals surface area contributed by atoms with Gasteiger partial charge in [0.1, 0.15) is 18.6 Å². The lowest BCUT2D eigenvalue weighted by Gasteiger charge is -2.21. The molecule has 0 radical (unpaired) electrons. The molecule has 0 aromatic heterocycles. The fraction of sp³-hybridized carbons (Fsp3) is 0.357. The second-order valence-corrected chi connectivity index (χ2v) is 4.83. The molecule has 1 aromatic rings. The Hall–Kier alpha value is -1.57. The molecule has 2 heteroatoms. The molecule has 0 spiro atoms. The first-order valence-corrected chi connectivity index (χ1v) is 5.30. The molecule has 0 heterocycles. The zero-order valence-electron chi connectivity index (χ0n) is 10.1. The Morgan fingerprint density at radius 2 is 1.88 bits per heavy atom. The fourth-order valence-corrected chi connectivity index (χ4v) is 1.03. The van der Waals surface area contributed by atoms with Crippen molar-refractivity contribution in [1.82, 2.24) is 0 Å². The summed E-state index contributed by atoms with van der Waals surface area (Å²) in [5.41, 5.74) is 1.76. The molecule has 0 saturated carbocycles. The third-order valence-corrected chi connectivity index (χ3v) is 2.49. The largest absolute Gasteiger partial charge is 0.489 e. The van der Waals surface area contributed by atoms with Crippen LogP contribution in [0.15, 0.2) is 36.4 Å². The van der Waals surface area contributed by atoms with E-state index in [0.717, 1.165) is 17.6 Å². The molecule has 2 nitrogen and oxygen atoms in total. The molecule has 0 N–H and O–H groups in total. The van der Waals surface area contributed by atoms with Crippen LogP contribution < -0.4 is 4.74 Å². The van der Waals surface area contributed by atoms with Crippen LogP contribution in [0.1, 0.15) is 31.1 Å². The minimum atomic E-state index is 0.0583. The van der Waals surface area contributed by atoms with E-state index >= 15 is 0 Å². The number of carbonyl (C=O) groups is 1. The van der Waals surface area contributed by atoms with Crippen molar-refractivity contribution in [2.24, 2.45) is 5.41 Å². The van der Waals surface area contributed by atoms with Crippen molar-refractivity contribution in [3.8, 4) is 5.75 Å². The van der Waals surface area contributed by atoms with Crippen LogP contribution in [0.5, 0.6) is 5.75 Å². The zero-order chi connectivity index (χ0) is 12.2. The van der Waals surface area contributed by atoms with Crippen molar-refractivity contribution >= 4 is 6.29 Å². The van der Waals surface area contributed by atoms with E-state index in [0.29, 0.717) is 12.2 Å². The normalized spacial score (nSPS) is 10.9. The molecular formula is C14H18O2. The van der Waals surface area contributed by atoms with Crippen LogP contribution >= 0.6 is 0 Å². The lowest BCUT2D eigenvalue weighted by molar-refractivity contribution is 0.112. The van der Waals surface area contributed by atoms with Gasteiger partial charge in [0.05, 0.1) is 0 Å². The molecule has 0 saturated heterocycles. The lowest BCUT2D eigenvalue weighted by Crippen LogP contribution is -2.15. The smallest absolute Gasteiger partial charge is 0.150 e. The molecule has 0 unspecified atom stereocenters. The Balaban J connectivity index is 2.55. The first-order valence-electron chi connectivity index (χ1n) is 5.30. The van der Waals surface area contributed by atoms with Gasteiger partial charge in [-0.3, -0.25) is 4.79 Å². The Bertz CT molecular complexity index is 369. The van der Waals surface area contributed by atoms with Crippen LogP contribution in [0, 0.1) is 5.41 Å². The van der Waals surface area contributed by atoms with Gasteiger partial charge in [-0.1, -0.05) is 27.4 Å². The SMILES string of the molecule is C=C(COc1ccc(C=O)cc1)C(C)(C)C. The third kappa shape index (κ3) is 3.54. The maximum atomic E-state index is 10.5. The van der Waals surface area contributed by atoms with Gasteiger partial charge in [0.15, 0.2) is 0 Å². The van der Waals surface area contributed by atoms with Gasteiger partial charge in [0.25, 0.3) is 0 Å². The summed E-state index contributed by atoms with van der Waals surface area (Å²) in [4.78, 5) is 10.5. The number of hydrogen-bond donors (Lipinski definition) is 0. The van der Waals surface area contributed by atoms with Crippen LogP contribution in [0.2, 0.25) is 0 Å². The maximum Gasteiger partial charge on any atom is 0.150 e. The van der Waals surface area contributed by atoms with E-state index in [4.69, 9.17) is 4.74 Å². The summed E-state index contributed by atoms with van der Waals surface area (Å²) in [7, 11) is 0. The van der Waals surface area contributed by atoms with E-state index in [-0.39, 0.29) is 5.41 Å². The quantitative estimate of drug-likeness (QED) is 0.571. The molecule has 0 aliphatic heterocycles. The summed E-state index contributed by atoms with van der Waals surface area (Å²) in [5, 5.41) is 0. The van der Waals surface area contributed by atoms with E-state index in [2.05, 4.69) is 27.4 Å². The molecule has 0 aliphatic carbocycles. The third-order valence-electron chi connectivity index (χ3n) is 2.49. The monoisotopic (exact) mass is 218 g/mol. The van der Waals surface area contributed by atoms with Crippen LogP contribution in [0.25, 0.3) is 0 Å². The van der Waals surface area contributed by atoms with Crippen LogP contribution in [-0.4, -0.2) is 12.9 Å².